The van der Waals surface area contributed by atoms with E-state index in [2.05, 4.69) is 15.1 Å². The third kappa shape index (κ3) is 5.54. The van der Waals surface area contributed by atoms with Crippen LogP contribution in [0.4, 0.5) is 10.2 Å². The molecule has 0 N–H and O–H groups in total. The number of nitrogens with zero attached hydrogens (tertiary/aromatic N) is 5. The van der Waals surface area contributed by atoms with Gasteiger partial charge in [0, 0.05) is 38.3 Å². The van der Waals surface area contributed by atoms with E-state index in [1.807, 2.05) is 30.5 Å². The van der Waals surface area contributed by atoms with Crippen molar-refractivity contribution in [3.8, 4) is 11.3 Å². The summed E-state index contributed by atoms with van der Waals surface area (Å²) in [6, 6.07) is 13.5. The Morgan fingerprint density at radius 2 is 1.79 bits per heavy atom. The smallest absolute Gasteiger partial charge is 0.264 e. The highest BCUT2D eigenvalue weighted by atomic mass is 32.1. The molecule has 172 valence electrons. The maximum absolute atomic E-state index is 13.1. The fourth-order valence-corrected chi connectivity index (χ4v) is 4.49. The van der Waals surface area contributed by atoms with E-state index in [0.29, 0.717) is 43.3 Å². The fraction of sp³-hybridized carbons (Fsp3) is 0.333. The summed E-state index contributed by atoms with van der Waals surface area (Å²) in [4.78, 5) is 31.8. The summed E-state index contributed by atoms with van der Waals surface area (Å²) in [5.41, 5.74) is 1.48. The lowest BCUT2D eigenvalue weighted by atomic mass is 10.1. The summed E-state index contributed by atoms with van der Waals surface area (Å²) in [6.07, 6.45) is 0.796. The Morgan fingerprint density at radius 1 is 1.03 bits per heavy atom. The third-order valence-electron chi connectivity index (χ3n) is 5.59. The number of piperazine rings is 1. The first-order valence-electron chi connectivity index (χ1n) is 11.0. The Morgan fingerprint density at radius 3 is 2.39 bits per heavy atom. The first-order valence-corrected chi connectivity index (χ1v) is 11.9. The van der Waals surface area contributed by atoms with Gasteiger partial charge in [0.15, 0.2) is 5.82 Å². The standard InChI is InChI=1S/C24H26FN5O2S/c1-2-11-30(24(32)21-4-3-16-33-21)17-23(31)29-14-12-28(13-15-29)22-10-9-20(26-27-22)18-5-7-19(25)8-6-18/h3-10,16H,2,11-15,17H2,1H3. The summed E-state index contributed by atoms with van der Waals surface area (Å²) >= 11 is 1.39. The molecule has 1 saturated heterocycles. The molecule has 3 aromatic rings. The number of carbonyl (C=O) groups excluding carboxylic acids is 2. The number of halogens is 1. The molecule has 0 radical (unpaired) electrons. The second-order valence-electron chi connectivity index (χ2n) is 7.86. The van der Waals surface area contributed by atoms with Crippen LogP contribution < -0.4 is 4.90 Å². The second-order valence-corrected chi connectivity index (χ2v) is 8.80. The second kappa shape index (κ2) is 10.5. The molecule has 33 heavy (non-hydrogen) atoms. The molecule has 9 heteroatoms. The normalized spacial score (nSPS) is 13.8. The van der Waals surface area contributed by atoms with E-state index < -0.39 is 0 Å². The molecule has 0 aliphatic carbocycles. The lowest BCUT2D eigenvalue weighted by Gasteiger charge is -2.36. The number of hydrogen-bond acceptors (Lipinski definition) is 6. The van der Waals surface area contributed by atoms with Crippen molar-refractivity contribution in [2.24, 2.45) is 0 Å². The maximum atomic E-state index is 13.1. The van der Waals surface area contributed by atoms with E-state index in [-0.39, 0.29) is 24.2 Å². The quantitative estimate of drug-likeness (QED) is 0.532. The van der Waals surface area contributed by atoms with E-state index >= 15 is 0 Å². The Hall–Kier alpha value is -3.33. The van der Waals surface area contributed by atoms with Gasteiger partial charge in [-0.1, -0.05) is 13.0 Å². The molecule has 2 aromatic heterocycles. The number of anilines is 1. The minimum Gasteiger partial charge on any atom is -0.352 e. The largest absolute Gasteiger partial charge is 0.352 e. The third-order valence-corrected chi connectivity index (χ3v) is 6.44. The number of amides is 2. The van der Waals surface area contributed by atoms with E-state index in [1.165, 1.54) is 23.5 Å². The van der Waals surface area contributed by atoms with Crippen LogP contribution in [0.2, 0.25) is 0 Å². The van der Waals surface area contributed by atoms with Gasteiger partial charge in [-0.2, -0.15) is 0 Å². The van der Waals surface area contributed by atoms with Crippen molar-refractivity contribution in [3.05, 3.63) is 64.6 Å². The molecule has 1 fully saturated rings. The first kappa shape index (κ1) is 22.8. The molecule has 4 rings (SSSR count). The van der Waals surface area contributed by atoms with Crippen molar-refractivity contribution in [1.29, 1.82) is 0 Å². The molecule has 3 heterocycles. The number of thiophene rings is 1. The number of benzene rings is 1. The van der Waals surface area contributed by atoms with Gasteiger partial charge in [-0.15, -0.1) is 21.5 Å². The molecule has 7 nitrogen and oxygen atoms in total. The van der Waals surface area contributed by atoms with Gasteiger partial charge in [0.1, 0.15) is 12.4 Å². The summed E-state index contributed by atoms with van der Waals surface area (Å²) in [7, 11) is 0. The van der Waals surface area contributed by atoms with E-state index in [4.69, 9.17) is 0 Å². The number of rotatable bonds is 7. The van der Waals surface area contributed by atoms with Crippen molar-refractivity contribution < 1.29 is 14.0 Å². The van der Waals surface area contributed by atoms with Crippen LogP contribution in [-0.2, 0) is 4.79 Å². The van der Waals surface area contributed by atoms with E-state index in [1.54, 1.807) is 28.0 Å². The average molecular weight is 468 g/mol. The zero-order chi connectivity index (χ0) is 23.2. The zero-order valence-electron chi connectivity index (χ0n) is 18.5. The first-order chi connectivity index (χ1) is 16.0. The summed E-state index contributed by atoms with van der Waals surface area (Å²) in [5.74, 6) is 0.332. The topological polar surface area (TPSA) is 69.6 Å². The van der Waals surface area contributed by atoms with Crippen LogP contribution in [0.15, 0.2) is 53.9 Å². The lowest BCUT2D eigenvalue weighted by Crippen LogP contribution is -2.52. The molecule has 0 unspecified atom stereocenters. The van der Waals surface area contributed by atoms with Crippen LogP contribution in [0.1, 0.15) is 23.0 Å². The highest BCUT2D eigenvalue weighted by molar-refractivity contribution is 7.12. The van der Waals surface area contributed by atoms with Crippen molar-refractivity contribution in [2.45, 2.75) is 13.3 Å². The van der Waals surface area contributed by atoms with Gasteiger partial charge in [-0.3, -0.25) is 9.59 Å². The predicted octanol–water partition coefficient (Wildman–Crippen LogP) is 3.55. The molecular weight excluding hydrogens is 441 g/mol. The van der Waals surface area contributed by atoms with Crippen LogP contribution in [0.5, 0.6) is 0 Å². The van der Waals surface area contributed by atoms with Crippen LogP contribution in [0.25, 0.3) is 11.3 Å². The number of aromatic nitrogens is 2. The Balaban J connectivity index is 1.32. The Labute approximate surface area is 196 Å². The molecule has 0 atom stereocenters. The van der Waals surface area contributed by atoms with Crippen molar-refractivity contribution in [1.82, 2.24) is 20.0 Å². The van der Waals surface area contributed by atoms with Crippen LogP contribution in [-0.4, -0.2) is 71.1 Å². The Bertz CT molecular complexity index is 1070. The molecule has 0 bridgehead atoms. The van der Waals surface area contributed by atoms with Gasteiger partial charge in [-0.05, 0) is 54.3 Å². The maximum Gasteiger partial charge on any atom is 0.264 e. The minimum absolute atomic E-state index is 0.0363. The Kier molecular flexibility index (Phi) is 7.29. The summed E-state index contributed by atoms with van der Waals surface area (Å²) in [5, 5.41) is 10.5. The molecule has 0 spiro atoms. The fourth-order valence-electron chi connectivity index (χ4n) is 3.80. The zero-order valence-corrected chi connectivity index (χ0v) is 19.3. The number of hydrogen-bond donors (Lipinski definition) is 0. The van der Waals surface area contributed by atoms with Gasteiger partial charge >= 0.3 is 0 Å². The summed E-state index contributed by atoms with van der Waals surface area (Å²) < 4.78 is 13.1. The predicted molar refractivity (Wildman–Crippen MR) is 127 cm³/mol. The molecule has 1 aliphatic rings. The molecule has 2 amide bonds. The number of carbonyl (C=O) groups is 2. The van der Waals surface area contributed by atoms with Crippen molar-refractivity contribution in [2.75, 3.05) is 44.2 Å². The van der Waals surface area contributed by atoms with Gasteiger partial charge in [0.25, 0.3) is 5.91 Å². The minimum atomic E-state index is -0.288. The monoisotopic (exact) mass is 467 g/mol. The summed E-state index contributed by atoms with van der Waals surface area (Å²) in [6.45, 7) is 5.06. The van der Waals surface area contributed by atoms with Gasteiger partial charge in [0.05, 0.1) is 10.6 Å². The average Bonchev–Trinajstić information content (AvgIpc) is 3.39. The van der Waals surface area contributed by atoms with Crippen molar-refractivity contribution in [3.63, 3.8) is 0 Å². The lowest BCUT2D eigenvalue weighted by molar-refractivity contribution is -0.132. The van der Waals surface area contributed by atoms with E-state index in [0.717, 1.165) is 17.8 Å². The molecular formula is C24H26FN5O2S. The van der Waals surface area contributed by atoms with Gasteiger partial charge in [0.2, 0.25) is 5.91 Å². The van der Waals surface area contributed by atoms with Gasteiger partial charge < -0.3 is 14.7 Å². The van der Waals surface area contributed by atoms with Crippen LogP contribution in [0.3, 0.4) is 0 Å². The van der Waals surface area contributed by atoms with Crippen LogP contribution >= 0.6 is 11.3 Å². The van der Waals surface area contributed by atoms with Crippen molar-refractivity contribution >= 4 is 29.0 Å². The highest BCUT2D eigenvalue weighted by Crippen LogP contribution is 2.20. The van der Waals surface area contributed by atoms with Crippen LogP contribution in [0, 0.1) is 5.82 Å². The molecule has 0 saturated carbocycles. The SMILES string of the molecule is CCCN(CC(=O)N1CCN(c2ccc(-c3ccc(F)cc3)nn2)CC1)C(=O)c1cccs1. The highest BCUT2D eigenvalue weighted by Gasteiger charge is 2.26. The molecule has 1 aliphatic heterocycles. The van der Waals surface area contributed by atoms with Gasteiger partial charge in [-0.25, -0.2) is 4.39 Å². The van der Waals surface area contributed by atoms with E-state index in [9.17, 15) is 14.0 Å². The molecule has 1 aromatic carbocycles.